The lowest BCUT2D eigenvalue weighted by atomic mass is 9.82. The van der Waals surface area contributed by atoms with E-state index in [1.54, 1.807) is 5.56 Å². The van der Waals surface area contributed by atoms with Crippen LogP contribution in [0.5, 0.6) is 0 Å². The molecule has 0 aromatic heterocycles. The van der Waals surface area contributed by atoms with E-state index < -0.39 is 0 Å². The SMILES string of the molecule is CCCC(c1ccccc1)C1CCCC1. The molecule has 2 rings (SSSR count). The van der Waals surface area contributed by atoms with E-state index >= 15 is 0 Å². The fourth-order valence-electron chi connectivity index (χ4n) is 3.05. The van der Waals surface area contributed by atoms with Gasteiger partial charge in [-0.25, -0.2) is 0 Å². The highest BCUT2D eigenvalue weighted by atomic mass is 14.3. The van der Waals surface area contributed by atoms with Crippen LogP contribution in [0.25, 0.3) is 0 Å². The third kappa shape index (κ3) is 2.62. The Morgan fingerprint density at radius 1 is 1.13 bits per heavy atom. The van der Waals surface area contributed by atoms with Crippen molar-refractivity contribution in [1.29, 1.82) is 0 Å². The fourth-order valence-corrected chi connectivity index (χ4v) is 3.05. The van der Waals surface area contributed by atoms with Gasteiger partial charge in [0.25, 0.3) is 0 Å². The van der Waals surface area contributed by atoms with Crippen LogP contribution in [-0.4, -0.2) is 0 Å². The minimum absolute atomic E-state index is 0.832. The maximum atomic E-state index is 2.32. The summed E-state index contributed by atoms with van der Waals surface area (Å²) in [6, 6.07) is 11.1. The first-order chi connectivity index (χ1) is 7.42. The first kappa shape index (κ1) is 10.7. The van der Waals surface area contributed by atoms with Gasteiger partial charge in [0.1, 0.15) is 0 Å². The molecule has 1 aromatic rings. The monoisotopic (exact) mass is 202 g/mol. The predicted molar refractivity (Wildman–Crippen MR) is 66.0 cm³/mol. The lowest BCUT2D eigenvalue weighted by molar-refractivity contribution is 0.408. The Labute approximate surface area is 93.7 Å². The molecule has 0 bridgehead atoms. The molecule has 1 fully saturated rings. The van der Waals surface area contributed by atoms with Crippen molar-refractivity contribution < 1.29 is 0 Å². The first-order valence-electron chi connectivity index (χ1n) is 6.46. The van der Waals surface area contributed by atoms with Gasteiger partial charge in [-0.15, -0.1) is 0 Å². The minimum Gasteiger partial charge on any atom is -0.0654 e. The summed E-state index contributed by atoms with van der Waals surface area (Å²) in [4.78, 5) is 0. The fraction of sp³-hybridized carbons (Fsp3) is 0.600. The van der Waals surface area contributed by atoms with Crippen LogP contribution in [0, 0.1) is 5.92 Å². The normalized spacial score (nSPS) is 19.3. The Hall–Kier alpha value is -0.780. The highest BCUT2D eigenvalue weighted by molar-refractivity contribution is 5.20. The zero-order chi connectivity index (χ0) is 10.5. The van der Waals surface area contributed by atoms with Crippen molar-refractivity contribution in [3.63, 3.8) is 0 Å². The highest BCUT2D eigenvalue weighted by Crippen LogP contribution is 2.39. The molecule has 0 heterocycles. The molecule has 1 unspecified atom stereocenters. The van der Waals surface area contributed by atoms with Crippen molar-refractivity contribution in [3.8, 4) is 0 Å². The summed E-state index contributed by atoms with van der Waals surface area (Å²) >= 11 is 0. The Balaban J connectivity index is 2.11. The quantitative estimate of drug-likeness (QED) is 0.660. The number of rotatable bonds is 4. The molecule has 0 heteroatoms. The third-order valence-corrected chi connectivity index (χ3v) is 3.80. The van der Waals surface area contributed by atoms with Crippen LogP contribution in [0.15, 0.2) is 30.3 Å². The lowest BCUT2D eigenvalue weighted by Crippen LogP contribution is -2.09. The minimum atomic E-state index is 0.832. The molecule has 0 saturated heterocycles. The third-order valence-electron chi connectivity index (χ3n) is 3.80. The van der Waals surface area contributed by atoms with Gasteiger partial charge in [0.15, 0.2) is 0 Å². The van der Waals surface area contributed by atoms with E-state index in [1.165, 1.54) is 38.5 Å². The van der Waals surface area contributed by atoms with Crippen molar-refractivity contribution in [3.05, 3.63) is 35.9 Å². The van der Waals surface area contributed by atoms with Gasteiger partial charge >= 0.3 is 0 Å². The number of benzene rings is 1. The molecule has 82 valence electrons. The summed E-state index contributed by atoms with van der Waals surface area (Å²) in [5.41, 5.74) is 1.58. The van der Waals surface area contributed by atoms with Gasteiger partial charge in [0, 0.05) is 0 Å². The molecule has 0 radical (unpaired) electrons. The van der Waals surface area contributed by atoms with Gasteiger partial charge in [-0.2, -0.15) is 0 Å². The second-order valence-corrected chi connectivity index (χ2v) is 4.85. The second-order valence-electron chi connectivity index (χ2n) is 4.85. The molecule has 0 aliphatic heterocycles. The first-order valence-corrected chi connectivity index (χ1v) is 6.46. The molecule has 15 heavy (non-hydrogen) atoms. The van der Waals surface area contributed by atoms with E-state index in [1.807, 2.05) is 0 Å². The average molecular weight is 202 g/mol. The molecule has 1 aliphatic rings. The van der Waals surface area contributed by atoms with Crippen LogP contribution in [0.4, 0.5) is 0 Å². The molecular weight excluding hydrogens is 180 g/mol. The zero-order valence-corrected chi connectivity index (χ0v) is 9.78. The predicted octanol–water partition coefficient (Wildman–Crippen LogP) is 4.76. The molecule has 0 nitrogen and oxygen atoms in total. The molecule has 1 aliphatic carbocycles. The van der Waals surface area contributed by atoms with E-state index in [-0.39, 0.29) is 0 Å². The van der Waals surface area contributed by atoms with Gasteiger partial charge in [-0.1, -0.05) is 56.5 Å². The topological polar surface area (TPSA) is 0 Å². The molecule has 1 saturated carbocycles. The van der Waals surface area contributed by atoms with Crippen LogP contribution in [-0.2, 0) is 0 Å². The van der Waals surface area contributed by atoms with Crippen molar-refractivity contribution in [2.24, 2.45) is 5.92 Å². The molecule has 0 amide bonds. The Bertz CT molecular complexity index is 269. The van der Waals surface area contributed by atoms with Crippen molar-refractivity contribution in [2.75, 3.05) is 0 Å². The zero-order valence-electron chi connectivity index (χ0n) is 9.78. The Morgan fingerprint density at radius 2 is 1.80 bits per heavy atom. The van der Waals surface area contributed by atoms with Gasteiger partial charge in [0.05, 0.1) is 0 Å². The van der Waals surface area contributed by atoms with Gasteiger partial charge < -0.3 is 0 Å². The molecular formula is C15H22. The summed E-state index contributed by atoms with van der Waals surface area (Å²) in [6.07, 6.45) is 8.51. The van der Waals surface area contributed by atoms with E-state index in [4.69, 9.17) is 0 Å². The maximum Gasteiger partial charge on any atom is -0.0134 e. The lowest BCUT2D eigenvalue weighted by Gasteiger charge is -2.23. The summed E-state index contributed by atoms with van der Waals surface area (Å²) < 4.78 is 0. The average Bonchev–Trinajstić information content (AvgIpc) is 2.80. The summed E-state index contributed by atoms with van der Waals surface area (Å²) in [7, 11) is 0. The maximum absolute atomic E-state index is 2.32. The molecule has 1 atom stereocenters. The van der Waals surface area contributed by atoms with E-state index in [2.05, 4.69) is 37.3 Å². The number of hydrogen-bond donors (Lipinski definition) is 0. The van der Waals surface area contributed by atoms with Crippen LogP contribution in [0.1, 0.15) is 56.9 Å². The van der Waals surface area contributed by atoms with Crippen LogP contribution in [0.2, 0.25) is 0 Å². The smallest absolute Gasteiger partial charge is 0.0134 e. The van der Waals surface area contributed by atoms with Crippen molar-refractivity contribution in [1.82, 2.24) is 0 Å². The van der Waals surface area contributed by atoms with E-state index in [0.29, 0.717) is 0 Å². The van der Waals surface area contributed by atoms with Crippen molar-refractivity contribution in [2.45, 2.75) is 51.4 Å². The van der Waals surface area contributed by atoms with Crippen LogP contribution in [0.3, 0.4) is 0 Å². The standard InChI is InChI=1S/C15H22/c1-2-8-15(14-11-6-7-12-14)13-9-4-3-5-10-13/h3-5,9-10,14-15H,2,6-8,11-12H2,1H3. The largest absolute Gasteiger partial charge is 0.0654 e. The van der Waals surface area contributed by atoms with Crippen molar-refractivity contribution >= 4 is 0 Å². The van der Waals surface area contributed by atoms with Gasteiger partial charge in [0.2, 0.25) is 0 Å². The molecule has 0 spiro atoms. The summed E-state index contributed by atoms with van der Waals surface area (Å²) in [5.74, 6) is 1.80. The molecule has 0 N–H and O–H groups in total. The van der Waals surface area contributed by atoms with Gasteiger partial charge in [-0.3, -0.25) is 0 Å². The Kier molecular flexibility index (Phi) is 3.82. The van der Waals surface area contributed by atoms with E-state index in [9.17, 15) is 0 Å². The Morgan fingerprint density at radius 3 is 2.40 bits per heavy atom. The van der Waals surface area contributed by atoms with Crippen LogP contribution < -0.4 is 0 Å². The van der Waals surface area contributed by atoms with E-state index in [0.717, 1.165) is 11.8 Å². The highest BCUT2D eigenvalue weighted by Gasteiger charge is 2.25. The molecule has 1 aromatic carbocycles. The summed E-state index contributed by atoms with van der Waals surface area (Å²) in [6.45, 7) is 2.31. The van der Waals surface area contributed by atoms with Gasteiger partial charge in [-0.05, 0) is 36.7 Å². The summed E-state index contributed by atoms with van der Waals surface area (Å²) in [5, 5.41) is 0. The second kappa shape index (κ2) is 5.34. The number of hydrogen-bond acceptors (Lipinski definition) is 0. The van der Waals surface area contributed by atoms with Crippen LogP contribution >= 0.6 is 0 Å².